The summed E-state index contributed by atoms with van der Waals surface area (Å²) in [6.07, 6.45) is 1.15. The van der Waals surface area contributed by atoms with E-state index < -0.39 is 20.1 Å². The largest absolute Gasteiger partial charge is 0.324 e. The van der Waals surface area contributed by atoms with E-state index in [1.807, 2.05) is 13.0 Å². The summed E-state index contributed by atoms with van der Waals surface area (Å²) in [7, 11) is -7.30. The average molecular weight is 591 g/mol. The van der Waals surface area contributed by atoms with Crippen LogP contribution >= 0.6 is 23.2 Å². The van der Waals surface area contributed by atoms with E-state index in [4.69, 9.17) is 27.4 Å². The van der Waals surface area contributed by atoms with Crippen LogP contribution in [0.4, 0.5) is 4.79 Å². The zero-order chi connectivity index (χ0) is 27.0. The van der Waals surface area contributed by atoms with Gasteiger partial charge < -0.3 is 9.80 Å². The monoisotopic (exact) mass is 589 g/mol. The Hall–Kier alpha value is -1.89. The van der Waals surface area contributed by atoms with Crippen LogP contribution in [0, 0.1) is 12.8 Å². The maximum Gasteiger partial charge on any atom is 0.320 e. The van der Waals surface area contributed by atoms with Gasteiger partial charge in [0, 0.05) is 51.1 Å². The van der Waals surface area contributed by atoms with E-state index in [-0.39, 0.29) is 62.1 Å². The molecule has 2 amide bonds. The molecule has 202 valence electrons. The molecule has 2 aliphatic rings. The van der Waals surface area contributed by atoms with Crippen molar-refractivity contribution in [3.63, 3.8) is 0 Å². The molecule has 0 spiro atoms. The molecule has 0 N–H and O–H groups in total. The highest BCUT2D eigenvalue weighted by Crippen LogP contribution is 2.37. The number of carbonyl (C=O) groups excluding carboxylic acids is 1. The highest BCUT2D eigenvalue weighted by atomic mass is 35.5. The number of aryl methyl sites for hydroxylation is 1. The summed E-state index contributed by atoms with van der Waals surface area (Å²) >= 11 is 12.3. The van der Waals surface area contributed by atoms with Gasteiger partial charge in [-0.15, -0.1) is 0 Å². The van der Waals surface area contributed by atoms with Gasteiger partial charge in [-0.05, 0) is 36.8 Å². The molecule has 2 saturated heterocycles. The maximum atomic E-state index is 13.3. The molecular weight excluding hydrogens is 561 g/mol. The predicted molar refractivity (Wildman–Crippen MR) is 142 cm³/mol. The third kappa shape index (κ3) is 6.58. The van der Waals surface area contributed by atoms with Crippen molar-refractivity contribution in [2.75, 3.05) is 52.1 Å². The number of halogens is 2. The van der Waals surface area contributed by atoms with Crippen molar-refractivity contribution >= 4 is 49.4 Å². The van der Waals surface area contributed by atoms with Gasteiger partial charge in [-0.2, -0.15) is 12.7 Å². The first-order valence-corrected chi connectivity index (χ1v) is 15.8. The van der Waals surface area contributed by atoms with Gasteiger partial charge in [0.2, 0.25) is 10.0 Å². The molecule has 0 aromatic heterocycles. The number of carbonyl (C=O) groups is 1. The lowest BCUT2D eigenvalue weighted by molar-refractivity contribution is 0.139. The van der Waals surface area contributed by atoms with E-state index in [1.165, 1.54) is 16.4 Å². The predicted octanol–water partition coefficient (Wildman–Crippen LogP) is 3.42. The molecule has 13 heteroatoms. The zero-order valence-corrected chi connectivity index (χ0v) is 23.7. The lowest BCUT2D eigenvalue weighted by Gasteiger charge is -2.35. The molecule has 2 heterocycles. The summed E-state index contributed by atoms with van der Waals surface area (Å²) in [5.41, 5.74) is 1.76. The Morgan fingerprint density at radius 2 is 1.57 bits per heavy atom. The van der Waals surface area contributed by atoms with E-state index in [1.54, 1.807) is 34.1 Å². The van der Waals surface area contributed by atoms with Crippen LogP contribution in [0.15, 0.2) is 47.4 Å². The Bertz CT molecular complexity index is 1360. The molecule has 0 aliphatic carbocycles. The van der Waals surface area contributed by atoms with Gasteiger partial charge in [0.1, 0.15) is 0 Å². The van der Waals surface area contributed by atoms with E-state index in [9.17, 15) is 21.6 Å². The standard InChI is InChI=1S/C24H29Cl2N3O6S2/c1-17-3-6-20(7-4-17)37(33,34)35-16-19-14-28(15-21(19)18-5-8-22(25)23(26)13-18)24(30)27-9-11-29(12-10-27)36(2,31)32/h3-8,13,19,21H,9-12,14-16H2,1-2H3/t19-,21-/m1/s1. The zero-order valence-electron chi connectivity index (χ0n) is 20.5. The van der Waals surface area contributed by atoms with Crippen molar-refractivity contribution in [1.29, 1.82) is 0 Å². The molecule has 0 bridgehead atoms. The van der Waals surface area contributed by atoms with Crippen molar-refractivity contribution in [2.45, 2.75) is 17.7 Å². The second-order valence-corrected chi connectivity index (χ2v) is 13.8. The summed E-state index contributed by atoms with van der Waals surface area (Å²) in [4.78, 5) is 16.7. The molecule has 2 aliphatic heterocycles. The Morgan fingerprint density at radius 3 is 2.16 bits per heavy atom. The fraction of sp³-hybridized carbons (Fsp3) is 0.458. The quantitative estimate of drug-likeness (QED) is 0.478. The topological polar surface area (TPSA) is 104 Å². The third-order valence-corrected chi connectivity index (χ3v) is 10.1. The van der Waals surface area contributed by atoms with Crippen LogP contribution in [-0.4, -0.2) is 89.1 Å². The highest BCUT2D eigenvalue weighted by Gasteiger charge is 2.40. The van der Waals surface area contributed by atoms with Crippen molar-refractivity contribution < 1.29 is 25.8 Å². The number of sulfonamides is 1. The fourth-order valence-corrected chi connectivity index (χ4v) is 6.77. The number of nitrogens with zero attached hydrogens (tertiary/aromatic N) is 3. The number of hydrogen-bond acceptors (Lipinski definition) is 6. The van der Waals surface area contributed by atoms with Crippen molar-refractivity contribution in [3.8, 4) is 0 Å². The average Bonchev–Trinajstić information content (AvgIpc) is 3.28. The molecule has 9 nitrogen and oxygen atoms in total. The summed E-state index contributed by atoms with van der Waals surface area (Å²) in [6, 6.07) is 11.4. The first kappa shape index (κ1) is 28.1. The van der Waals surface area contributed by atoms with E-state index in [2.05, 4.69) is 0 Å². The number of urea groups is 1. The minimum atomic E-state index is -3.99. The summed E-state index contributed by atoms with van der Waals surface area (Å²) in [5.74, 6) is -0.553. The van der Waals surface area contributed by atoms with Crippen molar-refractivity contribution in [2.24, 2.45) is 5.92 Å². The Kier molecular flexibility index (Phi) is 8.42. The van der Waals surface area contributed by atoms with Gasteiger partial charge in [-0.25, -0.2) is 13.2 Å². The molecule has 0 unspecified atom stereocenters. The summed E-state index contributed by atoms with van der Waals surface area (Å²) < 4.78 is 56.1. The molecule has 2 atom stereocenters. The number of likely N-dealkylation sites (tertiary alicyclic amines) is 1. The molecule has 2 aromatic carbocycles. The van der Waals surface area contributed by atoms with Crippen LogP contribution in [0.5, 0.6) is 0 Å². The lowest BCUT2D eigenvalue weighted by Crippen LogP contribution is -2.53. The first-order chi connectivity index (χ1) is 17.3. The minimum Gasteiger partial charge on any atom is -0.324 e. The summed E-state index contributed by atoms with van der Waals surface area (Å²) in [5, 5.41) is 0.766. The number of hydrogen-bond donors (Lipinski definition) is 0. The number of amides is 2. The van der Waals surface area contributed by atoms with Crippen LogP contribution in [0.25, 0.3) is 0 Å². The highest BCUT2D eigenvalue weighted by molar-refractivity contribution is 7.88. The Morgan fingerprint density at radius 1 is 0.919 bits per heavy atom. The number of piperazine rings is 1. The van der Waals surface area contributed by atoms with Crippen molar-refractivity contribution in [3.05, 3.63) is 63.6 Å². The van der Waals surface area contributed by atoms with Crippen molar-refractivity contribution in [1.82, 2.24) is 14.1 Å². The van der Waals surface area contributed by atoms with Gasteiger partial charge in [0.05, 0.1) is 27.8 Å². The van der Waals surface area contributed by atoms with Gasteiger partial charge in [-0.3, -0.25) is 4.18 Å². The molecule has 4 rings (SSSR count). The lowest BCUT2D eigenvalue weighted by atomic mass is 9.89. The normalized spacial score (nSPS) is 21.4. The second kappa shape index (κ2) is 11.1. The molecular formula is C24H29Cl2N3O6S2. The number of benzene rings is 2. The molecule has 37 heavy (non-hydrogen) atoms. The number of rotatable bonds is 6. The van der Waals surface area contributed by atoms with Crippen LogP contribution in [0.2, 0.25) is 10.0 Å². The van der Waals surface area contributed by atoms with Gasteiger partial charge in [0.25, 0.3) is 10.1 Å². The second-order valence-electron chi connectivity index (χ2n) is 9.43. The SMILES string of the molecule is Cc1ccc(S(=O)(=O)OC[C@H]2CN(C(=O)N3CCN(S(C)(=O)=O)CC3)C[C@@H]2c2ccc(Cl)c(Cl)c2)cc1. The van der Waals surface area contributed by atoms with Crippen LogP contribution in [-0.2, 0) is 24.3 Å². The molecule has 2 aromatic rings. The van der Waals surface area contributed by atoms with Crippen LogP contribution in [0.1, 0.15) is 17.0 Å². The summed E-state index contributed by atoms with van der Waals surface area (Å²) in [6.45, 7) is 3.38. The molecule has 0 radical (unpaired) electrons. The Balaban J connectivity index is 1.51. The Labute approximate surface area is 228 Å². The third-order valence-electron chi connectivity index (χ3n) is 6.81. The van der Waals surface area contributed by atoms with Gasteiger partial charge >= 0.3 is 6.03 Å². The van der Waals surface area contributed by atoms with E-state index in [0.717, 1.165) is 17.4 Å². The van der Waals surface area contributed by atoms with E-state index in [0.29, 0.717) is 16.6 Å². The molecule has 0 saturated carbocycles. The van der Waals surface area contributed by atoms with Gasteiger partial charge in [0.15, 0.2) is 0 Å². The maximum absolute atomic E-state index is 13.3. The molecule has 2 fully saturated rings. The minimum absolute atomic E-state index is 0.0684. The smallest absolute Gasteiger partial charge is 0.320 e. The first-order valence-electron chi connectivity index (χ1n) is 11.7. The van der Waals surface area contributed by atoms with E-state index >= 15 is 0 Å². The fourth-order valence-electron chi connectivity index (χ4n) is 4.68. The van der Waals surface area contributed by atoms with Crippen LogP contribution in [0.3, 0.4) is 0 Å². The van der Waals surface area contributed by atoms with Crippen LogP contribution < -0.4 is 0 Å². The van der Waals surface area contributed by atoms with Gasteiger partial charge in [-0.1, -0.05) is 47.0 Å².